The van der Waals surface area contributed by atoms with E-state index in [1.807, 2.05) is 0 Å². The predicted octanol–water partition coefficient (Wildman–Crippen LogP) is 0.374. The summed E-state index contributed by atoms with van der Waals surface area (Å²) in [6.45, 7) is 0.312. The lowest BCUT2D eigenvalue weighted by atomic mass is 10.4. The van der Waals surface area contributed by atoms with E-state index >= 15 is 0 Å². The number of hydrogen-bond donors (Lipinski definition) is 1. The highest BCUT2D eigenvalue weighted by Gasteiger charge is 2.29. The van der Waals surface area contributed by atoms with E-state index in [-0.39, 0.29) is 11.8 Å². The quantitative estimate of drug-likeness (QED) is 0.717. The molecule has 5 nitrogen and oxygen atoms in total. The molecule has 1 saturated heterocycles. The molecule has 2 amide bonds. The van der Waals surface area contributed by atoms with Crippen LogP contribution in [0.15, 0.2) is 6.20 Å². The first-order valence-electron chi connectivity index (χ1n) is 4.20. The first-order valence-corrected chi connectivity index (χ1v) is 5.02. The van der Waals surface area contributed by atoms with E-state index in [4.69, 9.17) is 5.73 Å². The Kier molecular flexibility index (Phi) is 2.20. The molecule has 0 atom stereocenters. The highest BCUT2D eigenvalue weighted by molar-refractivity contribution is 7.15. The van der Waals surface area contributed by atoms with Crippen LogP contribution in [0.3, 0.4) is 0 Å². The number of likely N-dealkylation sites (tertiary alicyclic amines) is 1. The highest BCUT2D eigenvalue weighted by atomic mass is 32.1. The van der Waals surface area contributed by atoms with E-state index < -0.39 is 0 Å². The molecule has 1 fully saturated rings. The number of hydrogen-bond acceptors (Lipinski definition) is 5. The fourth-order valence-corrected chi connectivity index (χ4v) is 2.02. The zero-order chi connectivity index (χ0) is 10.1. The van der Waals surface area contributed by atoms with Crippen LogP contribution >= 0.6 is 11.3 Å². The molecule has 1 aliphatic heterocycles. The lowest BCUT2D eigenvalue weighted by molar-refractivity contribution is -0.138. The first-order chi connectivity index (χ1) is 6.66. The highest BCUT2D eigenvalue weighted by Crippen LogP contribution is 2.20. The second-order valence-electron chi connectivity index (χ2n) is 3.04. The van der Waals surface area contributed by atoms with Crippen molar-refractivity contribution in [3.8, 4) is 0 Å². The average molecular weight is 211 g/mol. The minimum absolute atomic E-state index is 0.109. The third-order valence-corrected chi connectivity index (χ3v) is 2.85. The molecule has 1 aromatic rings. The third kappa shape index (κ3) is 1.60. The summed E-state index contributed by atoms with van der Waals surface area (Å²) < 4.78 is 0. The van der Waals surface area contributed by atoms with Gasteiger partial charge in [0.1, 0.15) is 0 Å². The van der Waals surface area contributed by atoms with E-state index in [0.29, 0.717) is 24.5 Å². The van der Waals surface area contributed by atoms with Gasteiger partial charge in [-0.2, -0.15) is 0 Å². The Labute approximate surface area is 84.5 Å². The molecule has 0 radical (unpaired) electrons. The molecule has 0 saturated carbocycles. The second-order valence-corrected chi connectivity index (χ2v) is 4.19. The molecular formula is C8H9N3O2S. The molecule has 0 bridgehead atoms. The molecule has 1 aromatic heterocycles. The van der Waals surface area contributed by atoms with Gasteiger partial charge in [-0.3, -0.25) is 14.5 Å². The van der Waals surface area contributed by atoms with Gasteiger partial charge in [0.05, 0.1) is 6.54 Å². The van der Waals surface area contributed by atoms with Gasteiger partial charge in [-0.1, -0.05) is 0 Å². The Morgan fingerprint density at radius 2 is 2.07 bits per heavy atom. The lowest BCUT2D eigenvalue weighted by Crippen LogP contribution is -2.27. The summed E-state index contributed by atoms with van der Waals surface area (Å²) in [5.74, 6) is -0.219. The summed E-state index contributed by atoms with van der Waals surface area (Å²) in [6.07, 6.45) is 2.25. The van der Waals surface area contributed by atoms with Crippen molar-refractivity contribution in [1.29, 1.82) is 0 Å². The molecule has 2 N–H and O–H groups in total. The normalized spacial score (nSPS) is 16.7. The maximum Gasteiger partial charge on any atom is 0.230 e. The van der Waals surface area contributed by atoms with Crippen molar-refractivity contribution < 1.29 is 9.59 Å². The monoisotopic (exact) mass is 211 g/mol. The molecule has 0 spiro atoms. The molecule has 2 heterocycles. The number of nitrogens with zero attached hydrogens (tertiary/aromatic N) is 2. The van der Waals surface area contributed by atoms with Gasteiger partial charge in [-0.25, -0.2) is 4.98 Å². The van der Waals surface area contributed by atoms with E-state index in [9.17, 15) is 9.59 Å². The van der Waals surface area contributed by atoms with Gasteiger partial charge >= 0.3 is 0 Å². The van der Waals surface area contributed by atoms with Crippen LogP contribution in [-0.2, 0) is 16.1 Å². The minimum Gasteiger partial charge on any atom is -0.375 e. The van der Waals surface area contributed by atoms with Crippen molar-refractivity contribution in [1.82, 2.24) is 9.88 Å². The molecular weight excluding hydrogens is 202 g/mol. The number of carbonyl (C=O) groups excluding carboxylic acids is 2. The van der Waals surface area contributed by atoms with Gasteiger partial charge in [0.15, 0.2) is 5.13 Å². The van der Waals surface area contributed by atoms with E-state index in [2.05, 4.69) is 4.98 Å². The van der Waals surface area contributed by atoms with Crippen LogP contribution in [0, 0.1) is 0 Å². The second kappa shape index (κ2) is 3.38. The van der Waals surface area contributed by atoms with Gasteiger partial charge in [-0.15, -0.1) is 11.3 Å². The Morgan fingerprint density at radius 3 is 2.57 bits per heavy atom. The third-order valence-electron chi connectivity index (χ3n) is 2.04. The molecule has 6 heteroatoms. The SMILES string of the molecule is Nc1ncc(CN2C(=O)CCC2=O)s1. The molecule has 0 unspecified atom stereocenters. The van der Waals surface area contributed by atoms with Gasteiger partial charge in [0.2, 0.25) is 11.8 Å². The fraction of sp³-hybridized carbons (Fsp3) is 0.375. The number of amides is 2. The summed E-state index contributed by atoms with van der Waals surface area (Å²) in [5, 5.41) is 0.457. The van der Waals surface area contributed by atoms with Crippen LogP contribution in [0.1, 0.15) is 17.7 Å². The van der Waals surface area contributed by atoms with E-state index in [1.54, 1.807) is 6.20 Å². The number of nitrogen functional groups attached to an aromatic ring is 1. The number of imide groups is 1. The fourth-order valence-electron chi connectivity index (χ4n) is 1.35. The van der Waals surface area contributed by atoms with Crippen molar-refractivity contribution in [2.45, 2.75) is 19.4 Å². The first kappa shape index (κ1) is 9.14. The van der Waals surface area contributed by atoms with Gasteiger partial charge in [-0.05, 0) is 0 Å². The molecule has 0 aromatic carbocycles. The minimum atomic E-state index is -0.109. The number of aromatic nitrogens is 1. The summed E-state index contributed by atoms with van der Waals surface area (Å²) in [5.41, 5.74) is 5.44. The van der Waals surface area contributed by atoms with E-state index in [1.165, 1.54) is 16.2 Å². The van der Waals surface area contributed by atoms with Crippen LogP contribution in [0.25, 0.3) is 0 Å². The van der Waals surface area contributed by atoms with Crippen LogP contribution in [0.5, 0.6) is 0 Å². The topological polar surface area (TPSA) is 76.3 Å². The predicted molar refractivity (Wildman–Crippen MR) is 51.3 cm³/mol. The van der Waals surface area contributed by atoms with Crippen LogP contribution in [-0.4, -0.2) is 21.7 Å². The average Bonchev–Trinajstić information content (AvgIpc) is 2.67. The van der Waals surface area contributed by atoms with Gasteiger partial charge in [0, 0.05) is 23.9 Å². The van der Waals surface area contributed by atoms with Crippen LogP contribution in [0.2, 0.25) is 0 Å². The molecule has 74 valence electrons. The molecule has 14 heavy (non-hydrogen) atoms. The lowest BCUT2D eigenvalue weighted by Gasteiger charge is -2.10. The summed E-state index contributed by atoms with van der Waals surface area (Å²) in [7, 11) is 0. The number of thiazole rings is 1. The maximum atomic E-state index is 11.3. The number of nitrogens with two attached hydrogens (primary N) is 1. The van der Waals surface area contributed by atoms with Crippen molar-refractivity contribution in [2.24, 2.45) is 0 Å². The Balaban J connectivity index is 2.10. The van der Waals surface area contributed by atoms with Crippen molar-refractivity contribution in [3.63, 3.8) is 0 Å². The Hall–Kier alpha value is -1.43. The number of anilines is 1. The molecule has 0 aliphatic carbocycles. The standard InChI is InChI=1S/C8H9N3O2S/c9-8-10-3-5(14-8)4-11-6(12)1-2-7(11)13/h3H,1-2,4H2,(H2,9,10). The van der Waals surface area contributed by atoms with Crippen molar-refractivity contribution in [2.75, 3.05) is 5.73 Å². The van der Waals surface area contributed by atoms with Crippen LogP contribution in [0.4, 0.5) is 5.13 Å². The Bertz CT molecular complexity index is 372. The summed E-state index contributed by atoms with van der Waals surface area (Å²) >= 11 is 1.30. The zero-order valence-electron chi connectivity index (χ0n) is 7.40. The summed E-state index contributed by atoms with van der Waals surface area (Å²) in [6, 6.07) is 0. The van der Waals surface area contributed by atoms with Gasteiger partial charge < -0.3 is 5.73 Å². The van der Waals surface area contributed by atoms with Crippen LogP contribution < -0.4 is 5.73 Å². The number of carbonyl (C=O) groups is 2. The molecule has 1 aliphatic rings. The molecule has 2 rings (SSSR count). The van der Waals surface area contributed by atoms with Crippen molar-refractivity contribution >= 4 is 28.3 Å². The van der Waals surface area contributed by atoms with Gasteiger partial charge in [0.25, 0.3) is 0 Å². The zero-order valence-corrected chi connectivity index (χ0v) is 8.21. The summed E-state index contributed by atoms with van der Waals surface area (Å²) in [4.78, 5) is 28.5. The largest absolute Gasteiger partial charge is 0.375 e. The number of rotatable bonds is 2. The van der Waals surface area contributed by atoms with Crippen molar-refractivity contribution in [3.05, 3.63) is 11.1 Å². The maximum absolute atomic E-state index is 11.3. The van der Waals surface area contributed by atoms with E-state index in [0.717, 1.165) is 4.88 Å². The smallest absolute Gasteiger partial charge is 0.230 e. The Morgan fingerprint density at radius 1 is 1.43 bits per heavy atom.